The number of pyridine rings is 1. The van der Waals surface area contributed by atoms with Gasteiger partial charge in [-0.3, -0.25) is 9.59 Å². The molecule has 0 bridgehead atoms. The molecule has 26 heavy (non-hydrogen) atoms. The Morgan fingerprint density at radius 2 is 1.92 bits per heavy atom. The molecular formula is C17H15ClF3N3O2. The van der Waals surface area contributed by atoms with Gasteiger partial charge in [0.2, 0.25) is 5.91 Å². The minimum atomic E-state index is -4.64. The van der Waals surface area contributed by atoms with E-state index in [4.69, 9.17) is 11.6 Å². The summed E-state index contributed by atoms with van der Waals surface area (Å²) in [7, 11) is 1.40. The highest BCUT2D eigenvalue weighted by Crippen LogP contribution is 2.36. The molecule has 0 atom stereocenters. The van der Waals surface area contributed by atoms with Crippen molar-refractivity contribution < 1.29 is 22.8 Å². The predicted molar refractivity (Wildman–Crippen MR) is 91.0 cm³/mol. The monoisotopic (exact) mass is 385 g/mol. The number of aryl methyl sites for hydroxylation is 1. The van der Waals surface area contributed by atoms with Crippen molar-refractivity contribution in [2.75, 3.05) is 18.9 Å². The number of hydrogen-bond acceptors (Lipinski definition) is 3. The fraction of sp³-hybridized carbons (Fsp3) is 0.235. The van der Waals surface area contributed by atoms with E-state index in [0.29, 0.717) is 5.69 Å². The molecule has 5 nitrogen and oxygen atoms in total. The predicted octanol–water partition coefficient (Wildman–Crippen LogP) is 3.77. The van der Waals surface area contributed by atoms with E-state index in [-0.39, 0.29) is 17.9 Å². The van der Waals surface area contributed by atoms with Crippen molar-refractivity contribution in [2.24, 2.45) is 0 Å². The molecule has 2 aromatic rings. The van der Waals surface area contributed by atoms with Crippen molar-refractivity contribution in [1.29, 1.82) is 0 Å². The molecule has 0 fully saturated rings. The number of alkyl halides is 3. The van der Waals surface area contributed by atoms with E-state index in [1.807, 2.05) is 0 Å². The van der Waals surface area contributed by atoms with Crippen LogP contribution in [0.4, 0.5) is 18.9 Å². The quantitative estimate of drug-likeness (QED) is 0.871. The number of rotatable bonds is 4. The van der Waals surface area contributed by atoms with Crippen LogP contribution in [0.1, 0.15) is 21.7 Å². The first-order valence-electron chi connectivity index (χ1n) is 7.43. The normalized spacial score (nSPS) is 11.2. The minimum Gasteiger partial charge on any atom is -0.331 e. The van der Waals surface area contributed by atoms with E-state index in [1.54, 1.807) is 19.1 Å². The van der Waals surface area contributed by atoms with Crippen LogP contribution in [0.15, 0.2) is 36.4 Å². The van der Waals surface area contributed by atoms with Crippen molar-refractivity contribution in [1.82, 2.24) is 9.88 Å². The Balaban J connectivity index is 2.05. The zero-order valence-electron chi connectivity index (χ0n) is 13.9. The third-order valence-corrected chi connectivity index (χ3v) is 3.72. The van der Waals surface area contributed by atoms with E-state index in [9.17, 15) is 22.8 Å². The second-order valence-electron chi connectivity index (χ2n) is 5.57. The number of hydrogen-bond donors (Lipinski definition) is 1. The molecule has 0 saturated heterocycles. The highest BCUT2D eigenvalue weighted by molar-refractivity contribution is 6.31. The van der Waals surface area contributed by atoms with E-state index in [2.05, 4.69) is 10.3 Å². The molecule has 9 heteroatoms. The number of carbonyl (C=O) groups is 2. The first-order valence-corrected chi connectivity index (χ1v) is 7.81. The van der Waals surface area contributed by atoms with Gasteiger partial charge >= 0.3 is 6.18 Å². The maximum absolute atomic E-state index is 12.8. The number of anilines is 1. The van der Waals surface area contributed by atoms with Gasteiger partial charge in [0.15, 0.2) is 0 Å². The Hall–Kier alpha value is -2.61. The van der Waals surface area contributed by atoms with Crippen LogP contribution >= 0.6 is 11.6 Å². The molecular weight excluding hydrogens is 371 g/mol. The Kier molecular flexibility index (Phi) is 5.86. The third kappa shape index (κ3) is 4.95. The lowest BCUT2D eigenvalue weighted by Gasteiger charge is -2.17. The van der Waals surface area contributed by atoms with Gasteiger partial charge in [-0.05, 0) is 37.3 Å². The van der Waals surface area contributed by atoms with Gasteiger partial charge in [-0.1, -0.05) is 17.7 Å². The van der Waals surface area contributed by atoms with Crippen LogP contribution in [0, 0.1) is 6.92 Å². The molecule has 2 rings (SSSR count). The Labute approximate surface area is 152 Å². The van der Waals surface area contributed by atoms with Gasteiger partial charge in [-0.25, -0.2) is 4.98 Å². The molecule has 0 aliphatic rings. The van der Waals surface area contributed by atoms with Crippen LogP contribution in [0.3, 0.4) is 0 Å². The number of likely N-dealkylation sites (N-methyl/N-ethyl adjacent to an activating group) is 1. The Morgan fingerprint density at radius 3 is 2.54 bits per heavy atom. The summed E-state index contributed by atoms with van der Waals surface area (Å²) >= 11 is 5.53. The zero-order chi connectivity index (χ0) is 19.5. The average molecular weight is 386 g/mol. The highest BCUT2D eigenvalue weighted by atomic mass is 35.5. The molecule has 1 heterocycles. The number of halogens is 4. The molecule has 1 aromatic carbocycles. The number of benzene rings is 1. The van der Waals surface area contributed by atoms with Crippen molar-refractivity contribution in [2.45, 2.75) is 13.1 Å². The van der Waals surface area contributed by atoms with E-state index in [0.717, 1.165) is 17.0 Å². The first kappa shape index (κ1) is 19.7. The van der Waals surface area contributed by atoms with Gasteiger partial charge in [0.05, 0.1) is 17.1 Å². The van der Waals surface area contributed by atoms with E-state index in [1.165, 1.54) is 19.2 Å². The Bertz CT molecular complexity index is 840. The number of aromatic nitrogens is 1. The van der Waals surface area contributed by atoms with Crippen molar-refractivity contribution >= 4 is 29.1 Å². The van der Waals surface area contributed by atoms with Crippen LogP contribution in [0.25, 0.3) is 0 Å². The van der Waals surface area contributed by atoms with E-state index >= 15 is 0 Å². The summed E-state index contributed by atoms with van der Waals surface area (Å²) in [5, 5.41) is 1.85. The van der Waals surface area contributed by atoms with Gasteiger partial charge in [-0.15, -0.1) is 0 Å². The number of carbonyl (C=O) groups excluding carboxylic acids is 2. The maximum atomic E-state index is 12.8. The fourth-order valence-electron chi connectivity index (χ4n) is 2.17. The molecule has 1 N–H and O–H groups in total. The van der Waals surface area contributed by atoms with Crippen LogP contribution < -0.4 is 5.32 Å². The summed E-state index contributed by atoms with van der Waals surface area (Å²) < 4.78 is 38.5. The van der Waals surface area contributed by atoms with Gasteiger partial charge in [0.1, 0.15) is 5.69 Å². The lowest BCUT2D eigenvalue weighted by molar-refractivity contribution is -0.137. The molecule has 138 valence electrons. The molecule has 0 saturated carbocycles. The Morgan fingerprint density at radius 1 is 1.23 bits per heavy atom. The molecule has 0 aliphatic carbocycles. The molecule has 2 amide bonds. The van der Waals surface area contributed by atoms with Crippen molar-refractivity contribution in [3.8, 4) is 0 Å². The summed E-state index contributed by atoms with van der Waals surface area (Å²) in [4.78, 5) is 29.5. The second kappa shape index (κ2) is 7.74. The molecule has 0 radical (unpaired) electrons. The summed E-state index contributed by atoms with van der Waals surface area (Å²) in [6.45, 7) is 1.38. The summed E-state index contributed by atoms with van der Waals surface area (Å²) in [5.41, 5.74) is -0.299. The highest BCUT2D eigenvalue weighted by Gasteiger charge is 2.33. The topological polar surface area (TPSA) is 62.3 Å². The molecule has 0 spiro atoms. The standard InChI is InChI=1S/C17H15ClF3N3O2/c1-10-4-3-5-14(22-10)16(26)24(2)9-15(25)23-11-6-7-13(18)12(8-11)17(19,20)21/h3-8H,9H2,1-2H3,(H,23,25). The zero-order valence-corrected chi connectivity index (χ0v) is 14.6. The summed E-state index contributed by atoms with van der Waals surface area (Å²) in [5.74, 6) is -1.13. The molecule has 0 aliphatic heterocycles. The van der Waals surface area contributed by atoms with Crippen LogP contribution in [0.5, 0.6) is 0 Å². The van der Waals surface area contributed by atoms with Gasteiger partial charge < -0.3 is 10.2 Å². The van der Waals surface area contributed by atoms with Gasteiger partial charge in [0.25, 0.3) is 5.91 Å². The lowest BCUT2D eigenvalue weighted by atomic mass is 10.2. The van der Waals surface area contributed by atoms with Crippen LogP contribution in [-0.2, 0) is 11.0 Å². The smallest absolute Gasteiger partial charge is 0.331 e. The summed E-state index contributed by atoms with van der Waals surface area (Å²) in [6.07, 6.45) is -4.64. The van der Waals surface area contributed by atoms with Gasteiger partial charge in [0, 0.05) is 18.4 Å². The SMILES string of the molecule is Cc1cccc(C(=O)N(C)CC(=O)Nc2ccc(Cl)c(C(F)(F)F)c2)n1. The minimum absolute atomic E-state index is 0.0683. The van der Waals surface area contributed by atoms with Crippen molar-refractivity contribution in [3.05, 3.63) is 58.4 Å². The fourth-order valence-corrected chi connectivity index (χ4v) is 2.39. The first-order chi connectivity index (χ1) is 12.1. The third-order valence-electron chi connectivity index (χ3n) is 3.39. The number of amides is 2. The van der Waals surface area contributed by atoms with Crippen LogP contribution in [-0.4, -0.2) is 35.3 Å². The number of nitrogens with zero attached hydrogens (tertiary/aromatic N) is 2. The van der Waals surface area contributed by atoms with Gasteiger partial charge in [-0.2, -0.15) is 13.2 Å². The number of nitrogens with one attached hydrogen (secondary N) is 1. The molecule has 1 aromatic heterocycles. The van der Waals surface area contributed by atoms with Crippen molar-refractivity contribution in [3.63, 3.8) is 0 Å². The maximum Gasteiger partial charge on any atom is 0.417 e. The van der Waals surface area contributed by atoms with E-state index < -0.39 is 28.6 Å². The second-order valence-corrected chi connectivity index (χ2v) is 5.97. The largest absolute Gasteiger partial charge is 0.417 e. The van der Waals surface area contributed by atoms with Crippen LogP contribution in [0.2, 0.25) is 5.02 Å². The molecule has 0 unspecified atom stereocenters. The average Bonchev–Trinajstić information content (AvgIpc) is 2.54. The lowest BCUT2D eigenvalue weighted by Crippen LogP contribution is -2.35. The summed E-state index contributed by atoms with van der Waals surface area (Å²) in [6, 6.07) is 7.94.